The fourth-order valence-electron chi connectivity index (χ4n) is 13.4. The first-order valence-corrected chi connectivity index (χ1v) is 27.1. The van der Waals surface area contributed by atoms with Gasteiger partial charge >= 0.3 is 0 Å². The monoisotopic (exact) mass is 976 g/mol. The van der Waals surface area contributed by atoms with Gasteiger partial charge in [0.2, 0.25) is 0 Å². The van der Waals surface area contributed by atoms with Crippen LogP contribution >= 0.6 is 0 Å². The summed E-state index contributed by atoms with van der Waals surface area (Å²) in [6.07, 6.45) is 2.90. The van der Waals surface area contributed by atoms with Gasteiger partial charge in [-0.05, 0) is 139 Å². The molecule has 76 heavy (non-hydrogen) atoms. The molecule has 0 aliphatic heterocycles. The summed E-state index contributed by atoms with van der Waals surface area (Å²) in [5.41, 5.74) is 22.8. The molecule has 1 heterocycles. The summed E-state index contributed by atoms with van der Waals surface area (Å²) in [7, 11) is 0. The number of furan rings is 1. The topological polar surface area (TPSA) is 19.6 Å². The minimum Gasteiger partial charge on any atom is -0.454 e. The molecule has 0 saturated heterocycles. The van der Waals surface area contributed by atoms with Crippen LogP contribution in [0.1, 0.15) is 67.9 Å². The van der Waals surface area contributed by atoms with E-state index < -0.39 is 0 Å². The van der Waals surface area contributed by atoms with E-state index in [0.717, 1.165) is 63.8 Å². The van der Waals surface area contributed by atoms with Gasteiger partial charge in [-0.2, -0.15) is 0 Å². The lowest BCUT2D eigenvalue weighted by molar-refractivity contribution is 0.475. The normalized spacial score (nSPS) is 13.6. The van der Waals surface area contributed by atoms with Gasteiger partial charge in [-0.15, -0.1) is 0 Å². The Balaban J connectivity index is 1.09. The molecule has 0 amide bonds. The second-order valence-electron chi connectivity index (χ2n) is 22.2. The minimum absolute atomic E-state index is 0.0908. The number of aryl methyl sites for hydroxylation is 1. The van der Waals surface area contributed by atoms with E-state index in [2.05, 4.69) is 262 Å². The van der Waals surface area contributed by atoms with Gasteiger partial charge in [0, 0.05) is 44.5 Å². The van der Waals surface area contributed by atoms with E-state index in [0.29, 0.717) is 0 Å². The summed E-state index contributed by atoms with van der Waals surface area (Å²) in [6.45, 7) is 9.67. The Bertz CT molecular complexity index is 4450. The highest BCUT2D eigenvalue weighted by Crippen LogP contribution is 2.57. The zero-order valence-electron chi connectivity index (χ0n) is 43.4. The zero-order chi connectivity index (χ0) is 50.8. The molecular weight excluding hydrogens is 921 g/mol. The third-order valence-corrected chi connectivity index (χ3v) is 17.1. The Morgan fingerprint density at radius 3 is 1.71 bits per heavy atom. The highest BCUT2D eigenvalue weighted by Gasteiger charge is 2.36. The van der Waals surface area contributed by atoms with E-state index >= 15 is 0 Å². The second kappa shape index (κ2) is 17.1. The largest absolute Gasteiger partial charge is 0.454 e. The van der Waals surface area contributed by atoms with Crippen molar-refractivity contribution in [2.24, 2.45) is 0 Å². The number of para-hydroxylation sites is 4. The molecule has 2 aliphatic carbocycles. The van der Waals surface area contributed by atoms with Crippen molar-refractivity contribution in [2.75, 3.05) is 9.80 Å². The van der Waals surface area contributed by atoms with Crippen molar-refractivity contribution in [1.82, 2.24) is 0 Å². The van der Waals surface area contributed by atoms with Crippen LogP contribution in [0, 0.1) is 0 Å². The quantitative estimate of drug-likeness (QED) is 0.134. The number of nitrogens with zero attached hydrogens (tertiary/aromatic N) is 2. The summed E-state index contributed by atoms with van der Waals surface area (Å²) in [5.74, 6) is 0.224. The van der Waals surface area contributed by atoms with Gasteiger partial charge in [0.05, 0.1) is 34.1 Å². The molecule has 0 unspecified atom stereocenters. The molecule has 13 aromatic rings. The maximum atomic E-state index is 7.03. The van der Waals surface area contributed by atoms with Crippen molar-refractivity contribution in [2.45, 2.75) is 58.3 Å². The lowest BCUT2D eigenvalue weighted by atomic mass is 9.70. The molecular formula is C73H56N2O. The smallest absolute Gasteiger partial charge is 0.159 e. The molecule has 2 aliphatic rings. The van der Waals surface area contributed by atoms with E-state index in [1.807, 2.05) is 0 Å². The lowest BCUT2D eigenvalue weighted by Crippen LogP contribution is -2.24. The van der Waals surface area contributed by atoms with Crippen LogP contribution in [-0.2, 0) is 18.3 Å². The van der Waals surface area contributed by atoms with E-state index in [1.165, 1.54) is 105 Å². The van der Waals surface area contributed by atoms with E-state index in [4.69, 9.17) is 4.42 Å². The average molecular weight is 977 g/mol. The van der Waals surface area contributed by atoms with Crippen molar-refractivity contribution in [3.63, 3.8) is 0 Å². The van der Waals surface area contributed by atoms with Crippen LogP contribution in [-0.4, -0.2) is 0 Å². The van der Waals surface area contributed by atoms with E-state index in [-0.39, 0.29) is 11.3 Å². The maximum absolute atomic E-state index is 7.03. The van der Waals surface area contributed by atoms with Crippen molar-refractivity contribution in [1.29, 1.82) is 0 Å². The predicted octanol–water partition coefficient (Wildman–Crippen LogP) is 20.7. The fourth-order valence-corrected chi connectivity index (χ4v) is 13.4. The number of anilines is 6. The Hall–Kier alpha value is -8.92. The fraction of sp³-hybridized carbons (Fsp3) is 0.123. The number of rotatable bonds is 9. The van der Waals surface area contributed by atoms with Gasteiger partial charge in [0.15, 0.2) is 5.58 Å². The van der Waals surface area contributed by atoms with Gasteiger partial charge < -0.3 is 14.2 Å². The Morgan fingerprint density at radius 1 is 0.408 bits per heavy atom. The van der Waals surface area contributed by atoms with Crippen LogP contribution in [0.15, 0.2) is 229 Å². The summed E-state index contributed by atoms with van der Waals surface area (Å²) in [4.78, 5) is 5.19. The standard InChI is InChI=1S/C73H56N2O/c1-45(2)58-44-67(75(63-33-17-14-28-52(63)47-23-9-6-10-24-47)65-35-20-31-56-54-29-15-18-36-68(54)76-72(56)65)60-43-61-69-49(39-40-73(61,3)4)42-66(57-38-37-55(58)70(60)71(57)69)74(62-32-16-13-27-51(62)46-21-7-5-8-22-46)64-34-19-30-53-50-26-12-11-25-48(50)41-59(53)64/h5-38,42-45H,39-41H2,1-4H3. The van der Waals surface area contributed by atoms with Crippen molar-refractivity contribution >= 4 is 88.4 Å². The van der Waals surface area contributed by atoms with Crippen LogP contribution in [0.2, 0.25) is 0 Å². The molecule has 0 N–H and O–H groups in total. The molecule has 0 saturated carbocycles. The first kappa shape index (κ1) is 44.6. The molecule has 0 radical (unpaired) electrons. The van der Waals surface area contributed by atoms with Gasteiger partial charge in [-0.1, -0.05) is 204 Å². The Morgan fingerprint density at radius 2 is 0.974 bits per heavy atom. The maximum Gasteiger partial charge on any atom is 0.159 e. The molecule has 1 aromatic heterocycles. The predicted molar refractivity (Wildman–Crippen MR) is 321 cm³/mol. The minimum atomic E-state index is -0.0908. The molecule has 0 atom stereocenters. The molecule has 0 spiro atoms. The molecule has 0 bridgehead atoms. The number of benzene rings is 12. The number of hydrogen-bond donors (Lipinski definition) is 0. The van der Waals surface area contributed by atoms with Crippen molar-refractivity contribution in [3.05, 3.63) is 252 Å². The molecule has 3 heteroatoms. The number of fused-ring (bicyclic) bond motifs is 6. The second-order valence-corrected chi connectivity index (χ2v) is 22.2. The number of hydrogen-bond acceptors (Lipinski definition) is 3. The first-order chi connectivity index (χ1) is 37.3. The van der Waals surface area contributed by atoms with E-state index in [1.54, 1.807) is 0 Å². The van der Waals surface area contributed by atoms with Crippen LogP contribution in [0.4, 0.5) is 34.1 Å². The van der Waals surface area contributed by atoms with Crippen molar-refractivity contribution in [3.8, 4) is 33.4 Å². The molecule has 12 aromatic carbocycles. The van der Waals surface area contributed by atoms with Gasteiger partial charge in [0.25, 0.3) is 0 Å². The highest BCUT2D eigenvalue weighted by molar-refractivity contribution is 6.31. The van der Waals surface area contributed by atoms with E-state index in [9.17, 15) is 0 Å². The third kappa shape index (κ3) is 6.68. The third-order valence-electron chi connectivity index (χ3n) is 17.1. The van der Waals surface area contributed by atoms with Gasteiger partial charge in [0.1, 0.15) is 5.58 Å². The Kier molecular flexibility index (Phi) is 10.0. The van der Waals surface area contributed by atoms with Crippen LogP contribution in [0.25, 0.3) is 87.6 Å². The van der Waals surface area contributed by atoms with Crippen molar-refractivity contribution < 1.29 is 4.42 Å². The average Bonchev–Trinajstić information content (AvgIpc) is 4.19. The van der Waals surface area contributed by atoms with Gasteiger partial charge in [-0.3, -0.25) is 0 Å². The van der Waals surface area contributed by atoms with Crippen LogP contribution < -0.4 is 9.80 Å². The highest BCUT2D eigenvalue weighted by atomic mass is 16.3. The molecule has 3 nitrogen and oxygen atoms in total. The summed E-state index contributed by atoms with van der Waals surface area (Å²) < 4.78 is 7.03. The van der Waals surface area contributed by atoms with Crippen LogP contribution in [0.3, 0.4) is 0 Å². The summed E-state index contributed by atoms with van der Waals surface area (Å²) in [5, 5.41) is 10.1. The Labute approximate surface area is 444 Å². The SMILES string of the molecule is CC(C)c1cc(N(c2ccccc2-c2ccccc2)c2cccc3c2oc2ccccc23)c2cc3c4c(cc(N(c5ccccc5-c5ccccc5)c5cccc6c5Cc5ccccc5-6)c5ccc1c2c54)CCC3(C)C. The van der Waals surface area contributed by atoms with Gasteiger partial charge in [-0.25, -0.2) is 0 Å². The molecule has 364 valence electrons. The lowest BCUT2D eigenvalue weighted by Gasteiger charge is -2.37. The summed E-state index contributed by atoms with van der Waals surface area (Å²) >= 11 is 0. The molecule has 0 fully saturated rings. The zero-order valence-corrected chi connectivity index (χ0v) is 43.4. The molecule has 15 rings (SSSR count). The van der Waals surface area contributed by atoms with Crippen LogP contribution in [0.5, 0.6) is 0 Å². The summed E-state index contributed by atoms with van der Waals surface area (Å²) in [6, 6.07) is 83.6. The first-order valence-electron chi connectivity index (χ1n) is 27.1.